The third kappa shape index (κ3) is 8.62. The summed E-state index contributed by atoms with van der Waals surface area (Å²) in [5.74, 6) is -0.861. The summed E-state index contributed by atoms with van der Waals surface area (Å²) < 4.78 is 50.5. The molecule has 308 valence electrons. The number of aliphatic hydroxyl groups is 8. The first-order valence-corrected chi connectivity index (χ1v) is 17.5. The molecule has 0 radical (unpaired) electrons. The van der Waals surface area contributed by atoms with E-state index in [2.05, 4.69) is 0 Å². The second kappa shape index (κ2) is 17.2. The molecule has 20 nitrogen and oxygen atoms in total. The van der Waals surface area contributed by atoms with Gasteiger partial charge in [0.15, 0.2) is 24.1 Å². The molecule has 3 saturated heterocycles. The molecule has 6 rings (SSSR count). The zero-order valence-corrected chi connectivity index (χ0v) is 30.1. The molecule has 0 spiro atoms. The van der Waals surface area contributed by atoms with Crippen LogP contribution in [0.3, 0.4) is 0 Å². The standard InChI is InChI=1S/C36H44O20/c1-13-25(40)28(43)31(46)34(51-13)50-12-23-27(42)30(45)33(56-35-32(47)29(44)26(41)22(54-35)11-49-14(2)37)36(55-23)52-17-8-18(38)24-19(39)10-20(53-21(24)9-17)15-4-6-16(48-3)7-5-15/h4-10,13,22-23,25-36,38,40-47H,11-12H2,1-3H3/t13-,22-,23+,25-,26-,27+,28+,29+,30-,31+,32-,33+,34+,35+,36+/m0/s1. The SMILES string of the molecule is COc1ccc(-c2cc(=O)c3c(O)cc(O[C@@H]4O[C@H](CO[C@@H]5O[C@@H](C)[C@H](O)[C@@H](O)[C@H]5O)[C@@H](O)[C@H](O)[C@H]4O[C@H]4O[C@@H](COC(C)=O)[C@H](O)[C@@H](O)[C@@H]4O)cc3o2)cc1. The van der Waals surface area contributed by atoms with E-state index >= 15 is 0 Å². The Hall–Kier alpha value is -4.00. The van der Waals surface area contributed by atoms with E-state index in [0.29, 0.717) is 11.3 Å². The molecule has 3 fully saturated rings. The third-order valence-corrected chi connectivity index (χ3v) is 9.70. The number of carbonyl (C=O) groups is 1. The molecule has 20 heteroatoms. The molecule has 0 amide bonds. The zero-order chi connectivity index (χ0) is 40.6. The van der Waals surface area contributed by atoms with Crippen molar-refractivity contribution in [2.45, 2.75) is 106 Å². The van der Waals surface area contributed by atoms with Gasteiger partial charge in [-0.3, -0.25) is 9.59 Å². The van der Waals surface area contributed by atoms with E-state index in [9.17, 15) is 55.5 Å². The summed E-state index contributed by atoms with van der Waals surface area (Å²) in [6.45, 7) is 1.33. The number of rotatable bonds is 11. The number of hydrogen-bond donors (Lipinski definition) is 9. The van der Waals surface area contributed by atoms with Gasteiger partial charge >= 0.3 is 5.97 Å². The van der Waals surface area contributed by atoms with E-state index < -0.39 is 122 Å². The number of phenolic OH excluding ortho intramolecular Hbond substituents is 1. The minimum Gasteiger partial charge on any atom is -0.507 e. The molecule has 0 unspecified atom stereocenters. The molecule has 3 aromatic rings. The van der Waals surface area contributed by atoms with Crippen LogP contribution in [0.25, 0.3) is 22.3 Å². The molecule has 0 bridgehead atoms. The fourth-order valence-electron chi connectivity index (χ4n) is 6.49. The Morgan fingerprint density at radius 3 is 2.02 bits per heavy atom. The minimum atomic E-state index is -1.97. The van der Waals surface area contributed by atoms with E-state index in [1.807, 2.05) is 0 Å². The molecule has 9 N–H and O–H groups in total. The van der Waals surface area contributed by atoms with Crippen LogP contribution in [0.2, 0.25) is 0 Å². The Morgan fingerprint density at radius 1 is 0.714 bits per heavy atom. The van der Waals surface area contributed by atoms with Gasteiger partial charge in [0.2, 0.25) is 6.29 Å². The summed E-state index contributed by atoms with van der Waals surface area (Å²) in [7, 11) is 1.49. The predicted octanol–water partition coefficient (Wildman–Crippen LogP) is -2.40. The first-order valence-electron chi connectivity index (χ1n) is 17.5. The molecule has 4 heterocycles. The summed E-state index contributed by atoms with van der Waals surface area (Å²) in [6.07, 6.45) is -25.1. The number of fused-ring (bicyclic) bond motifs is 1. The normalized spacial score (nSPS) is 36.2. The second-order valence-corrected chi connectivity index (χ2v) is 13.6. The first-order chi connectivity index (χ1) is 26.6. The highest BCUT2D eigenvalue weighted by atomic mass is 16.8. The van der Waals surface area contributed by atoms with Gasteiger partial charge in [0.1, 0.15) is 102 Å². The average Bonchev–Trinajstić information content (AvgIpc) is 3.17. The summed E-state index contributed by atoms with van der Waals surface area (Å²) >= 11 is 0. The molecule has 3 aliphatic heterocycles. The van der Waals surface area contributed by atoms with Crippen LogP contribution in [0.15, 0.2) is 51.7 Å². The summed E-state index contributed by atoms with van der Waals surface area (Å²) in [4.78, 5) is 24.5. The molecule has 0 saturated carbocycles. The van der Waals surface area contributed by atoms with E-state index in [1.54, 1.807) is 24.3 Å². The van der Waals surface area contributed by atoms with Gasteiger partial charge in [-0.15, -0.1) is 0 Å². The highest BCUT2D eigenvalue weighted by Crippen LogP contribution is 2.36. The summed E-state index contributed by atoms with van der Waals surface area (Å²) in [5.41, 5.74) is -0.242. The minimum absolute atomic E-state index is 0.124. The van der Waals surface area contributed by atoms with Crippen LogP contribution in [0.1, 0.15) is 13.8 Å². The van der Waals surface area contributed by atoms with Crippen molar-refractivity contribution in [1.29, 1.82) is 0 Å². The Balaban J connectivity index is 1.30. The van der Waals surface area contributed by atoms with Gasteiger partial charge in [-0.2, -0.15) is 0 Å². The lowest BCUT2D eigenvalue weighted by Crippen LogP contribution is -2.65. The quantitative estimate of drug-likeness (QED) is 0.0914. The molecular formula is C36H44O20. The lowest BCUT2D eigenvalue weighted by atomic mass is 9.97. The van der Waals surface area contributed by atoms with Gasteiger partial charge in [-0.25, -0.2) is 0 Å². The van der Waals surface area contributed by atoms with E-state index in [4.69, 9.17) is 42.3 Å². The number of aromatic hydroxyl groups is 1. The zero-order valence-electron chi connectivity index (χ0n) is 30.1. The van der Waals surface area contributed by atoms with Crippen LogP contribution < -0.4 is 14.9 Å². The number of aliphatic hydroxyl groups excluding tert-OH is 8. The number of methoxy groups -OCH3 is 1. The Bertz CT molecular complexity index is 1870. The summed E-state index contributed by atoms with van der Waals surface area (Å²) in [6, 6.07) is 10.0. The van der Waals surface area contributed by atoms with Crippen molar-refractivity contribution in [3.63, 3.8) is 0 Å². The van der Waals surface area contributed by atoms with Gasteiger partial charge in [-0.05, 0) is 31.2 Å². The number of ether oxygens (including phenoxy) is 8. The maximum Gasteiger partial charge on any atom is 0.302 e. The van der Waals surface area contributed by atoms with Crippen LogP contribution >= 0.6 is 0 Å². The topological polar surface area (TPSA) is 303 Å². The first kappa shape index (κ1) is 41.6. The van der Waals surface area contributed by atoms with Crippen molar-refractivity contribution >= 4 is 16.9 Å². The van der Waals surface area contributed by atoms with E-state index in [0.717, 1.165) is 13.0 Å². The Kier molecular flexibility index (Phi) is 12.8. The van der Waals surface area contributed by atoms with Crippen LogP contribution in [0, 0.1) is 0 Å². The fourth-order valence-corrected chi connectivity index (χ4v) is 6.49. The van der Waals surface area contributed by atoms with Crippen molar-refractivity contribution in [3.8, 4) is 28.6 Å². The third-order valence-electron chi connectivity index (χ3n) is 9.70. The van der Waals surface area contributed by atoms with Crippen molar-refractivity contribution in [1.82, 2.24) is 0 Å². The molecule has 0 aliphatic carbocycles. The monoisotopic (exact) mass is 796 g/mol. The van der Waals surface area contributed by atoms with Crippen LogP contribution in [-0.2, 0) is 33.2 Å². The van der Waals surface area contributed by atoms with Crippen molar-refractivity contribution < 1.29 is 93.1 Å². The predicted molar refractivity (Wildman–Crippen MR) is 184 cm³/mol. The van der Waals surface area contributed by atoms with Gasteiger partial charge < -0.3 is 88.3 Å². The average molecular weight is 797 g/mol. The number of carbonyl (C=O) groups excluding carboxylic acids is 1. The number of hydrogen-bond acceptors (Lipinski definition) is 20. The Morgan fingerprint density at radius 2 is 1.34 bits per heavy atom. The van der Waals surface area contributed by atoms with Gasteiger partial charge in [0, 0.05) is 30.7 Å². The maximum absolute atomic E-state index is 13.1. The fraction of sp³-hybridized carbons (Fsp3) is 0.556. The second-order valence-electron chi connectivity index (χ2n) is 13.6. The van der Waals surface area contributed by atoms with Crippen molar-refractivity contribution in [2.75, 3.05) is 20.3 Å². The van der Waals surface area contributed by atoms with Crippen molar-refractivity contribution in [3.05, 3.63) is 52.7 Å². The molecule has 15 atom stereocenters. The van der Waals surface area contributed by atoms with Crippen molar-refractivity contribution in [2.24, 2.45) is 0 Å². The largest absolute Gasteiger partial charge is 0.507 e. The van der Waals surface area contributed by atoms with E-state index in [1.165, 1.54) is 26.2 Å². The maximum atomic E-state index is 13.1. The van der Waals surface area contributed by atoms with Crippen LogP contribution in [0.5, 0.6) is 17.2 Å². The number of esters is 1. The van der Waals surface area contributed by atoms with Crippen LogP contribution in [-0.4, -0.2) is 164 Å². The highest BCUT2D eigenvalue weighted by Gasteiger charge is 2.52. The molecule has 3 aliphatic rings. The van der Waals surface area contributed by atoms with Gasteiger partial charge in [0.25, 0.3) is 0 Å². The molecule has 1 aromatic heterocycles. The van der Waals surface area contributed by atoms with E-state index in [-0.39, 0.29) is 22.5 Å². The lowest BCUT2D eigenvalue weighted by Gasteiger charge is -2.46. The van der Waals surface area contributed by atoms with Crippen LogP contribution in [0.4, 0.5) is 0 Å². The lowest BCUT2D eigenvalue weighted by molar-refractivity contribution is -0.362. The number of benzene rings is 2. The molecule has 56 heavy (non-hydrogen) atoms. The molecular weight excluding hydrogens is 752 g/mol. The summed E-state index contributed by atoms with van der Waals surface area (Å²) in [5, 5.41) is 95.8. The highest BCUT2D eigenvalue weighted by molar-refractivity contribution is 5.86. The smallest absolute Gasteiger partial charge is 0.302 e. The van der Waals surface area contributed by atoms with Gasteiger partial charge in [-0.1, -0.05) is 0 Å². The molecule has 2 aromatic carbocycles. The number of phenols is 1. The van der Waals surface area contributed by atoms with Gasteiger partial charge in [0.05, 0.1) is 19.8 Å². The Labute approximate surface area is 317 Å².